The average molecular weight is 243 g/mol. The summed E-state index contributed by atoms with van der Waals surface area (Å²) in [5.41, 5.74) is 1.84. The molecule has 0 saturated carbocycles. The summed E-state index contributed by atoms with van der Waals surface area (Å²) < 4.78 is 1.74. The highest BCUT2D eigenvalue weighted by Gasteiger charge is 2.07. The molecule has 1 N–H and O–H groups in total. The maximum Gasteiger partial charge on any atom is 0.254 e. The number of carbonyl (C=O) groups excluding carboxylic acids is 1. The normalized spacial score (nSPS) is 10.3. The Morgan fingerprint density at radius 1 is 1.33 bits per heavy atom. The topological polar surface area (TPSA) is 46.9 Å². The second-order valence-corrected chi connectivity index (χ2v) is 4.08. The van der Waals surface area contributed by atoms with Crippen LogP contribution in [0.2, 0.25) is 0 Å². The summed E-state index contributed by atoms with van der Waals surface area (Å²) in [7, 11) is 0. The second kappa shape index (κ2) is 6.00. The number of hydrogen-bond donors (Lipinski definition) is 1. The van der Waals surface area contributed by atoms with Gasteiger partial charge in [0.1, 0.15) is 0 Å². The van der Waals surface area contributed by atoms with Gasteiger partial charge in [-0.25, -0.2) is 0 Å². The fourth-order valence-electron chi connectivity index (χ4n) is 1.72. The molecule has 1 amide bonds. The van der Waals surface area contributed by atoms with Gasteiger partial charge in [0.2, 0.25) is 0 Å². The smallest absolute Gasteiger partial charge is 0.254 e. The third-order valence-corrected chi connectivity index (χ3v) is 2.76. The third-order valence-electron chi connectivity index (χ3n) is 2.76. The van der Waals surface area contributed by atoms with Crippen LogP contribution in [0, 0.1) is 0 Å². The van der Waals surface area contributed by atoms with E-state index in [2.05, 4.69) is 22.5 Å². The molecule has 0 bridgehead atoms. The first-order valence-electron chi connectivity index (χ1n) is 6.14. The Labute approximate surface area is 107 Å². The molecule has 18 heavy (non-hydrogen) atoms. The van der Waals surface area contributed by atoms with E-state index in [1.165, 1.54) is 5.56 Å². The molecule has 1 heterocycles. The van der Waals surface area contributed by atoms with Crippen LogP contribution in [0.15, 0.2) is 42.7 Å². The summed E-state index contributed by atoms with van der Waals surface area (Å²) >= 11 is 0. The van der Waals surface area contributed by atoms with Crippen molar-refractivity contribution in [3.63, 3.8) is 0 Å². The van der Waals surface area contributed by atoms with Gasteiger partial charge in [0, 0.05) is 19.3 Å². The van der Waals surface area contributed by atoms with E-state index >= 15 is 0 Å². The fourth-order valence-corrected chi connectivity index (χ4v) is 1.72. The van der Waals surface area contributed by atoms with E-state index in [9.17, 15) is 4.79 Å². The predicted molar refractivity (Wildman–Crippen MR) is 70.4 cm³/mol. The molecular formula is C14H17N3O. The van der Waals surface area contributed by atoms with Crippen LogP contribution < -0.4 is 5.32 Å². The molecule has 0 atom stereocenters. The summed E-state index contributed by atoms with van der Waals surface area (Å²) in [6.45, 7) is 3.40. The number of benzene rings is 1. The molecule has 0 fully saturated rings. The standard InChI is InChI=1S/C14H17N3O/c1-2-17-11-13(10-16-17)14(18)15-9-8-12-6-4-3-5-7-12/h3-7,10-11H,2,8-9H2,1H3,(H,15,18). The summed E-state index contributed by atoms with van der Waals surface area (Å²) in [5, 5.41) is 6.97. The Morgan fingerprint density at radius 3 is 2.78 bits per heavy atom. The zero-order chi connectivity index (χ0) is 12.8. The molecule has 0 aliphatic heterocycles. The lowest BCUT2D eigenvalue weighted by Crippen LogP contribution is -2.25. The number of nitrogens with one attached hydrogen (secondary N) is 1. The van der Waals surface area contributed by atoms with Gasteiger partial charge in [0.05, 0.1) is 11.8 Å². The molecule has 0 unspecified atom stereocenters. The van der Waals surface area contributed by atoms with Crippen molar-refractivity contribution in [2.24, 2.45) is 0 Å². The van der Waals surface area contributed by atoms with Gasteiger partial charge in [-0.2, -0.15) is 5.10 Å². The Kier molecular flexibility index (Phi) is 4.12. The number of aromatic nitrogens is 2. The largest absolute Gasteiger partial charge is 0.352 e. The monoisotopic (exact) mass is 243 g/mol. The van der Waals surface area contributed by atoms with Crippen LogP contribution in [0.1, 0.15) is 22.8 Å². The minimum atomic E-state index is -0.0642. The van der Waals surface area contributed by atoms with Gasteiger partial charge in [0.25, 0.3) is 5.91 Å². The van der Waals surface area contributed by atoms with Crippen molar-refractivity contribution in [2.45, 2.75) is 19.9 Å². The average Bonchev–Trinajstić information content (AvgIpc) is 2.89. The maximum atomic E-state index is 11.8. The molecule has 0 spiro atoms. The number of nitrogens with zero attached hydrogens (tertiary/aromatic N) is 2. The van der Waals surface area contributed by atoms with Crippen molar-refractivity contribution in [3.05, 3.63) is 53.9 Å². The van der Waals surface area contributed by atoms with Crippen molar-refractivity contribution in [1.82, 2.24) is 15.1 Å². The summed E-state index contributed by atoms with van der Waals surface area (Å²) in [5.74, 6) is -0.0642. The van der Waals surface area contributed by atoms with Gasteiger partial charge in [-0.05, 0) is 18.9 Å². The number of rotatable bonds is 5. The van der Waals surface area contributed by atoms with Gasteiger partial charge >= 0.3 is 0 Å². The van der Waals surface area contributed by atoms with E-state index in [0.717, 1.165) is 13.0 Å². The van der Waals surface area contributed by atoms with E-state index in [0.29, 0.717) is 12.1 Å². The lowest BCUT2D eigenvalue weighted by molar-refractivity contribution is 0.0954. The summed E-state index contributed by atoms with van der Waals surface area (Å²) in [6, 6.07) is 10.1. The van der Waals surface area contributed by atoms with Gasteiger partial charge < -0.3 is 5.32 Å². The van der Waals surface area contributed by atoms with Crippen LogP contribution in [0.25, 0.3) is 0 Å². The van der Waals surface area contributed by atoms with Crippen molar-refractivity contribution >= 4 is 5.91 Å². The van der Waals surface area contributed by atoms with Gasteiger partial charge in [-0.1, -0.05) is 30.3 Å². The Morgan fingerprint density at radius 2 is 2.11 bits per heavy atom. The van der Waals surface area contributed by atoms with E-state index < -0.39 is 0 Å². The molecule has 0 aliphatic carbocycles. The zero-order valence-corrected chi connectivity index (χ0v) is 10.5. The minimum absolute atomic E-state index is 0.0642. The molecular weight excluding hydrogens is 226 g/mol. The molecule has 0 radical (unpaired) electrons. The van der Waals surface area contributed by atoms with Gasteiger partial charge in [-0.15, -0.1) is 0 Å². The minimum Gasteiger partial charge on any atom is -0.352 e. The molecule has 0 saturated heterocycles. The highest BCUT2D eigenvalue weighted by molar-refractivity contribution is 5.93. The number of carbonyl (C=O) groups is 1. The van der Waals surface area contributed by atoms with Gasteiger partial charge in [-0.3, -0.25) is 9.48 Å². The summed E-state index contributed by atoms with van der Waals surface area (Å²) in [4.78, 5) is 11.8. The number of hydrogen-bond acceptors (Lipinski definition) is 2. The number of amides is 1. The molecule has 4 heteroatoms. The second-order valence-electron chi connectivity index (χ2n) is 4.08. The van der Waals surface area contributed by atoms with E-state index in [-0.39, 0.29) is 5.91 Å². The first kappa shape index (κ1) is 12.4. The summed E-state index contributed by atoms with van der Waals surface area (Å²) in [6.07, 6.45) is 4.20. The van der Waals surface area contributed by atoms with Crippen molar-refractivity contribution in [1.29, 1.82) is 0 Å². The van der Waals surface area contributed by atoms with Gasteiger partial charge in [0.15, 0.2) is 0 Å². The van der Waals surface area contributed by atoms with Crippen molar-refractivity contribution in [3.8, 4) is 0 Å². The first-order valence-corrected chi connectivity index (χ1v) is 6.14. The Hall–Kier alpha value is -2.10. The van der Waals surface area contributed by atoms with Crippen molar-refractivity contribution < 1.29 is 4.79 Å². The number of aryl methyl sites for hydroxylation is 1. The first-order chi connectivity index (χ1) is 8.79. The van der Waals surface area contributed by atoms with Crippen LogP contribution >= 0.6 is 0 Å². The molecule has 94 valence electrons. The van der Waals surface area contributed by atoms with Crippen LogP contribution in [-0.4, -0.2) is 22.2 Å². The van der Waals surface area contributed by atoms with Crippen LogP contribution in [0.3, 0.4) is 0 Å². The molecule has 2 aromatic rings. The van der Waals surface area contributed by atoms with E-state index in [1.54, 1.807) is 17.1 Å². The highest BCUT2D eigenvalue weighted by atomic mass is 16.1. The third kappa shape index (κ3) is 3.20. The van der Waals surface area contributed by atoms with E-state index in [4.69, 9.17) is 0 Å². The fraction of sp³-hybridized carbons (Fsp3) is 0.286. The van der Waals surface area contributed by atoms with Crippen molar-refractivity contribution in [2.75, 3.05) is 6.54 Å². The molecule has 1 aromatic carbocycles. The SMILES string of the molecule is CCn1cc(C(=O)NCCc2ccccc2)cn1. The van der Waals surface area contributed by atoms with E-state index in [1.807, 2.05) is 25.1 Å². The highest BCUT2D eigenvalue weighted by Crippen LogP contribution is 2.00. The maximum absolute atomic E-state index is 11.8. The zero-order valence-electron chi connectivity index (χ0n) is 10.5. The Balaban J connectivity index is 1.81. The molecule has 0 aliphatic rings. The predicted octanol–water partition coefficient (Wildman–Crippen LogP) is 1.88. The lowest BCUT2D eigenvalue weighted by Gasteiger charge is -2.03. The van der Waals surface area contributed by atoms with Crippen LogP contribution in [0.4, 0.5) is 0 Å². The van der Waals surface area contributed by atoms with Crippen LogP contribution in [0.5, 0.6) is 0 Å². The lowest BCUT2D eigenvalue weighted by atomic mass is 10.1. The molecule has 4 nitrogen and oxygen atoms in total. The van der Waals surface area contributed by atoms with Crippen LogP contribution in [-0.2, 0) is 13.0 Å². The quantitative estimate of drug-likeness (QED) is 0.871. The Bertz CT molecular complexity index is 505. The molecule has 2 rings (SSSR count). The molecule has 1 aromatic heterocycles.